The van der Waals surface area contributed by atoms with Crippen LogP contribution in [0.1, 0.15) is 12.8 Å². The highest BCUT2D eigenvalue weighted by atomic mass is 19.4. The van der Waals surface area contributed by atoms with Gasteiger partial charge in [-0.25, -0.2) is 8.78 Å². The van der Waals surface area contributed by atoms with Crippen LogP contribution in [-0.2, 0) is 4.94 Å². The van der Waals surface area contributed by atoms with Crippen molar-refractivity contribution < 1.29 is 31.4 Å². The van der Waals surface area contributed by atoms with Crippen LogP contribution in [-0.4, -0.2) is 18.7 Å². The summed E-state index contributed by atoms with van der Waals surface area (Å²) in [7, 11) is 0. The van der Waals surface area contributed by atoms with E-state index in [0.29, 0.717) is 0 Å². The fourth-order valence-corrected chi connectivity index (χ4v) is 0.570. The first-order valence-corrected chi connectivity index (χ1v) is 2.95. The van der Waals surface area contributed by atoms with Crippen molar-refractivity contribution in [1.82, 2.24) is 0 Å². The molecule has 0 amide bonds. The van der Waals surface area contributed by atoms with Gasteiger partial charge in [0, 0.05) is 6.42 Å². The fourth-order valence-electron chi connectivity index (χ4n) is 0.570. The molecule has 0 bridgehead atoms. The highest BCUT2D eigenvalue weighted by molar-refractivity contribution is 4.70. The summed E-state index contributed by atoms with van der Waals surface area (Å²) in [4.78, 5) is 2.74. The van der Waals surface area contributed by atoms with E-state index in [2.05, 4.69) is 4.94 Å². The molecule has 0 aliphatic rings. The lowest BCUT2D eigenvalue weighted by atomic mass is 10.2. The van der Waals surface area contributed by atoms with E-state index in [1.54, 1.807) is 0 Å². The van der Waals surface area contributed by atoms with Crippen LogP contribution in [0.5, 0.6) is 0 Å². The standard InChI is InChI=1S/C5H6F6O/c6-4(7,1-2-12-11)3-5(8,9)10/h1-3H2. The lowest BCUT2D eigenvalue weighted by Crippen LogP contribution is -2.26. The van der Waals surface area contributed by atoms with Crippen molar-refractivity contribution in [3.8, 4) is 0 Å². The zero-order valence-corrected chi connectivity index (χ0v) is 5.80. The van der Waals surface area contributed by atoms with E-state index < -0.39 is 31.5 Å². The zero-order valence-electron chi connectivity index (χ0n) is 5.80. The van der Waals surface area contributed by atoms with Crippen LogP contribution in [0.2, 0.25) is 0 Å². The predicted octanol–water partition coefficient (Wildman–Crippen LogP) is 2.87. The van der Waals surface area contributed by atoms with Crippen LogP contribution in [0.3, 0.4) is 0 Å². The molecule has 0 aromatic rings. The lowest BCUT2D eigenvalue weighted by Gasteiger charge is -2.16. The second-order valence-corrected chi connectivity index (χ2v) is 2.21. The van der Waals surface area contributed by atoms with Gasteiger partial charge in [0.2, 0.25) is 0 Å². The molecule has 0 aromatic carbocycles. The summed E-state index contributed by atoms with van der Waals surface area (Å²) in [5.41, 5.74) is 0. The van der Waals surface area contributed by atoms with Crippen LogP contribution < -0.4 is 0 Å². The SMILES string of the molecule is FOCCC(F)(F)CC(F)(F)F. The third kappa shape index (κ3) is 6.26. The van der Waals surface area contributed by atoms with E-state index >= 15 is 0 Å². The minimum absolute atomic E-state index is 1.04. The van der Waals surface area contributed by atoms with Crippen molar-refractivity contribution in [1.29, 1.82) is 0 Å². The molecule has 0 N–H and O–H groups in total. The molecule has 0 unspecified atom stereocenters. The highest BCUT2D eigenvalue weighted by Gasteiger charge is 2.43. The van der Waals surface area contributed by atoms with Gasteiger partial charge in [-0.1, -0.05) is 0 Å². The monoisotopic (exact) mass is 196 g/mol. The summed E-state index contributed by atoms with van der Waals surface area (Å²) < 4.78 is 69.2. The maximum atomic E-state index is 12.1. The molecule has 0 radical (unpaired) electrons. The third-order valence-electron chi connectivity index (χ3n) is 1.00. The van der Waals surface area contributed by atoms with Crippen LogP contribution in [0, 0.1) is 0 Å². The van der Waals surface area contributed by atoms with Gasteiger partial charge >= 0.3 is 6.18 Å². The molecular weight excluding hydrogens is 190 g/mol. The Balaban J connectivity index is 3.86. The topological polar surface area (TPSA) is 9.23 Å². The normalized spacial score (nSPS) is 13.5. The van der Waals surface area contributed by atoms with Crippen LogP contribution >= 0.6 is 0 Å². The molecular formula is C5H6F6O. The number of hydrogen-bond acceptors (Lipinski definition) is 1. The summed E-state index contributed by atoms with van der Waals surface area (Å²) in [6, 6.07) is 0. The van der Waals surface area contributed by atoms with Crippen LogP contribution in [0.4, 0.5) is 26.5 Å². The number of rotatable bonds is 4. The molecule has 0 spiro atoms. The second kappa shape index (κ2) is 3.97. The van der Waals surface area contributed by atoms with Gasteiger partial charge in [0.25, 0.3) is 5.92 Å². The van der Waals surface area contributed by atoms with Gasteiger partial charge in [0.05, 0.1) is 6.61 Å². The average molecular weight is 196 g/mol. The largest absolute Gasteiger partial charge is 0.394 e. The smallest absolute Gasteiger partial charge is 0.206 e. The predicted molar refractivity (Wildman–Crippen MR) is 27.3 cm³/mol. The van der Waals surface area contributed by atoms with E-state index in [1.807, 2.05) is 0 Å². The fraction of sp³-hybridized carbons (Fsp3) is 1.00. The molecule has 0 heterocycles. The number of halogens is 6. The van der Waals surface area contributed by atoms with Gasteiger partial charge in [-0.3, -0.25) is 0 Å². The summed E-state index contributed by atoms with van der Waals surface area (Å²) in [5.74, 6) is -3.95. The summed E-state index contributed by atoms with van der Waals surface area (Å²) >= 11 is 0. The van der Waals surface area contributed by atoms with Crippen LogP contribution in [0.25, 0.3) is 0 Å². The maximum absolute atomic E-state index is 12.1. The molecule has 0 rings (SSSR count). The quantitative estimate of drug-likeness (QED) is 0.628. The Morgan fingerprint density at radius 1 is 1.00 bits per heavy atom. The zero-order chi connectivity index (χ0) is 9.83. The van der Waals surface area contributed by atoms with Gasteiger partial charge in [0.1, 0.15) is 6.42 Å². The molecule has 12 heavy (non-hydrogen) atoms. The van der Waals surface area contributed by atoms with Gasteiger partial charge in [-0.2, -0.15) is 18.1 Å². The van der Waals surface area contributed by atoms with E-state index in [1.165, 1.54) is 0 Å². The van der Waals surface area contributed by atoms with E-state index in [0.717, 1.165) is 0 Å². The third-order valence-corrected chi connectivity index (χ3v) is 1.00. The summed E-state index contributed by atoms with van der Waals surface area (Å²) in [6.07, 6.45) is -8.47. The van der Waals surface area contributed by atoms with E-state index in [4.69, 9.17) is 0 Å². The van der Waals surface area contributed by atoms with Crippen molar-refractivity contribution in [3.05, 3.63) is 0 Å². The van der Waals surface area contributed by atoms with Gasteiger partial charge in [0.15, 0.2) is 0 Å². The molecule has 0 aromatic heterocycles. The Morgan fingerprint density at radius 2 is 1.50 bits per heavy atom. The van der Waals surface area contributed by atoms with Crippen molar-refractivity contribution in [2.24, 2.45) is 0 Å². The Kier molecular flexibility index (Phi) is 3.82. The first-order valence-electron chi connectivity index (χ1n) is 2.95. The maximum Gasteiger partial charge on any atom is 0.394 e. The minimum atomic E-state index is -4.94. The van der Waals surface area contributed by atoms with E-state index in [-0.39, 0.29) is 0 Å². The Labute approximate surface area is 64.2 Å². The van der Waals surface area contributed by atoms with Crippen molar-refractivity contribution >= 4 is 0 Å². The second-order valence-electron chi connectivity index (χ2n) is 2.21. The Morgan fingerprint density at radius 3 is 1.83 bits per heavy atom. The molecule has 0 saturated carbocycles. The summed E-state index contributed by atoms with van der Waals surface area (Å²) in [6.45, 7) is -1.04. The molecule has 0 fully saturated rings. The van der Waals surface area contributed by atoms with Gasteiger partial charge < -0.3 is 0 Å². The molecule has 0 aliphatic heterocycles. The Hall–Kier alpha value is -0.460. The van der Waals surface area contributed by atoms with Gasteiger partial charge in [-0.05, 0) is 4.53 Å². The number of hydrogen-bond donors (Lipinski definition) is 0. The van der Waals surface area contributed by atoms with Gasteiger partial charge in [-0.15, -0.1) is 0 Å². The molecule has 0 saturated heterocycles. The highest BCUT2D eigenvalue weighted by Crippen LogP contribution is 2.33. The van der Waals surface area contributed by atoms with E-state index in [9.17, 15) is 26.5 Å². The molecule has 1 nitrogen and oxygen atoms in total. The van der Waals surface area contributed by atoms with Crippen molar-refractivity contribution in [2.75, 3.05) is 6.61 Å². The average Bonchev–Trinajstić information content (AvgIpc) is 1.78. The molecule has 7 heteroatoms. The number of alkyl halides is 5. The first kappa shape index (κ1) is 11.5. The van der Waals surface area contributed by atoms with Crippen LogP contribution in [0.15, 0.2) is 0 Å². The van der Waals surface area contributed by atoms with Crippen molar-refractivity contribution in [2.45, 2.75) is 24.9 Å². The first-order chi connectivity index (χ1) is 5.27. The molecule has 74 valence electrons. The summed E-state index contributed by atoms with van der Waals surface area (Å²) in [5, 5.41) is 0. The van der Waals surface area contributed by atoms with Crippen molar-refractivity contribution in [3.63, 3.8) is 0 Å². The molecule has 0 atom stereocenters. The Bertz CT molecular complexity index is 130. The minimum Gasteiger partial charge on any atom is -0.206 e. The lowest BCUT2D eigenvalue weighted by molar-refractivity contribution is -0.203. The molecule has 0 aliphatic carbocycles.